The van der Waals surface area contributed by atoms with Crippen LogP contribution in [-0.2, 0) is 11.2 Å². The summed E-state index contributed by atoms with van der Waals surface area (Å²) < 4.78 is 10.6. The number of aryl methyl sites for hydroxylation is 1. The van der Waals surface area contributed by atoms with Gasteiger partial charge in [0.05, 0.1) is 6.61 Å². The molecule has 0 aliphatic heterocycles. The van der Waals surface area contributed by atoms with Gasteiger partial charge in [0.25, 0.3) is 0 Å². The van der Waals surface area contributed by atoms with Crippen LogP contribution in [0.2, 0.25) is 0 Å². The Balaban J connectivity index is 2.53. The maximum atomic E-state index is 5.67. The van der Waals surface area contributed by atoms with Crippen LogP contribution in [0.5, 0.6) is 5.75 Å². The first kappa shape index (κ1) is 13.5. The Bertz CT molecular complexity index is 300. The fourth-order valence-corrected chi connectivity index (χ4v) is 1.67. The summed E-state index contributed by atoms with van der Waals surface area (Å²) in [6.45, 7) is 3.40. The molecule has 0 heterocycles. The van der Waals surface area contributed by atoms with Crippen LogP contribution in [0.25, 0.3) is 0 Å². The number of halogens is 1. The zero-order valence-electron chi connectivity index (χ0n) is 9.91. The summed E-state index contributed by atoms with van der Waals surface area (Å²) in [7, 11) is 1.68. The highest BCUT2D eigenvalue weighted by Crippen LogP contribution is 2.21. The molecule has 3 heteroatoms. The molecule has 90 valence electrons. The third-order valence-corrected chi connectivity index (χ3v) is 2.79. The van der Waals surface area contributed by atoms with Gasteiger partial charge >= 0.3 is 0 Å². The largest absolute Gasteiger partial charge is 0.491 e. The van der Waals surface area contributed by atoms with Gasteiger partial charge in [-0.05, 0) is 24.5 Å². The predicted molar refractivity (Wildman–Crippen MR) is 70.5 cm³/mol. The molecular weight excluding hydrogens is 268 g/mol. The van der Waals surface area contributed by atoms with E-state index in [0.29, 0.717) is 18.0 Å². The highest BCUT2D eigenvalue weighted by Gasteiger charge is 2.04. The molecule has 2 nitrogen and oxygen atoms in total. The molecule has 16 heavy (non-hydrogen) atoms. The van der Waals surface area contributed by atoms with E-state index < -0.39 is 0 Å². The van der Waals surface area contributed by atoms with Crippen molar-refractivity contribution >= 4 is 15.9 Å². The van der Waals surface area contributed by atoms with Crippen LogP contribution in [0.15, 0.2) is 24.3 Å². The molecule has 0 amide bonds. The molecule has 0 saturated heterocycles. The number of benzene rings is 1. The molecule has 1 rings (SSSR count). The minimum absolute atomic E-state index is 0.541. The van der Waals surface area contributed by atoms with Crippen LogP contribution in [0.1, 0.15) is 18.9 Å². The predicted octanol–water partition coefficient (Wildman–Crippen LogP) is 3.43. The van der Waals surface area contributed by atoms with E-state index in [9.17, 15) is 0 Å². The summed E-state index contributed by atoms with van der Waals surface area (Å²) in [6.07, 6.45) is 2.15. The van der Waals surface area contributed by atoms with Gasteiger partial charge in [-0.15, -0.1) is 0 Å². The highest BCUT2D eigenvalue weighted by atomic mass is 79.9. The molecule has 0 aliphatic carbocycles. The average molecular weight is 287 g/mol. The number of rotatable bonds is 7. The van der Waals surface area contributed by atoms with Crippen molar-refractivity contribution in [3.8, 4) is 5.75 Å². The Morgan fingerprint density at radius 3 is 2.69 bits per heavy atom. The van der Waals surface area contributed by atoms with E-state index in [0.717, 1.165) is 18.6 Å². The lowest BCUT2D eigenvalue weighted by Crippen LogP contribution is -2.06. The Labute approximate surface area is 106 Å². The standard InChI is InChI=1S/C13H19BrO2/c1-11(14)7-8-12-5-3-4-6-13(12)16-10-9-15-2/h3-6,11H,7-10H2,1-2H3. The first-order chi connectivity index (χ1) is 7.74. The van der Waals surface area contributed by atoms with Crippen LogP contribution < -0.4 is 4.74 Å². The molecule has 0 bridgehead atoms. The van der Waals surface area contributed by atoms with Crippen LogP contribution in [0.4, 0.5) is 0 Å². The van der Waals surface area contributed by atoms with Gasteiger partial charge in [-0.2, -0.15) is 0 Å². The summed E-state index contributed by atoms with van der Waals surface area (Å²) in [6, 6.07) is 8.20. The molecule has 0 spiro atoms. The average Bonchev–Trinajstić information content (AvgIpc) is 2.28. The lowest BCUT2D eigenvalue weighted by Gasteiger charge is -2.11. The quantitative estimate of drug-likeness (QED) is 0.565. The molecular formula is C13H19BrO2. The number of hydrogen-bond donors (Lipinski definition) is 0. The van der Waals surface area contributed by atoms with Crippen LogP contribution in [0.3, 0.4) is 0 Å². The lowest BCUT2D eigenvalue weighted by atomic mass is 10.1. The van der Waals surface area contributed by atoms with E-state index in [-0.39, 0.29) is 0 Å². The van der Waals surface area contributed by atoms with E-state index >= 15 is 0 Å². The minimum atomic E-state index is 0.541. The third kappa shape index (κ3) is 4.99. The molecule has 0 aliphatic rings. The van der Waals surface area contributed by atoms with E-state index in [1.54, 1.807) is 7.11 Å². The van der Waals surface area contributed by atoms with E-state index in [1.165, 1.54) is 5.56 Å². The van der Waals surface area contributed by atoms with Crippen molar-refractivity contribution in [3.05, 3.63) is 29.8 Å². The number of ether oxygens (including phenoxy) is 2. The SMILES string of the molecule is COCCOc1ccccc1CCC(C)Br. The Kier molecular flexibility index (Phi) is 6.50. The number of methoxy groups -OCH3 is 1. The Morgan fingerprint density at radius 2 is 2.00 bits per heavy atom. The molecule has 1 unspecified atom stereocenters. The van der Waals surface area contributed by atoms with Gasteiger partial charge in [0.1, 0.15) is 12.4 Å². The van der Waals surface area contributed by atoms with Crippen LogP contribution >= 0.6 is 15.9 Å². The molecule has 0 saturated carbocycles. The zero-order valence-corrected chi connectivity index (χ0v) is 11.5. The molecule has 0 radical (unpaired) electrons. The van der Waals surface area contributed by atoms with Crippen molar-refractivity contribution in [2.24, 2.45) is 0 Å². The number of hydrogen-bond acceptors (Lipinski definition) is 2. The highest BCUT2D eigenvalue weighted by molar-refractivity contribution is 9.09. The molecule has 1 aromatic carbocycles. The summed E-state index contributed by atoms with van der Waals surface area (Å²) >= 11 is 3.56. The normalized spacial score (nSPS) is 12.4. The molecule has 0 N–H and O–H groups in total. The van der Waals surface area contributed by atoms with Gasteiger partial charge in [0, 0.05) is 11.9 Å². The first-order valence-corrected chi connectivity index (χ1v) is 6.49. The fourth-order valence-electron chi connectivity index (χ4n) is 1.44. The van der Waals surface area contributed by atoms with Crippen molar-refractivity contribution in [3.63, 3.8) is 0 Å². The Hall–Kier alpha value is -0.540. The smallest absolute Gasteiger partial charge is 0.122 e. The molecule has 0 aromatic heterocycles. The molecule has 0 fully saturated rings. The summed E-state index contributed by atoms with van der Waals surface area (Å²) in [5.74, 6) is 0.979. The second kappa shape index (κ2) is 7.69. The topological polar surface area (TPSA) is 18.5 Å². The second-order valence-electron chi connectivity index (χ2n) is 3.77. The van der Waals surface area contributed by atoms with Crippen molar-refractivity contribution in [1.82, 2.24) is 0 Å². The number of para-hydroxylation sites is 1. The summed E-state index contributed by atoms with van der Waals surface area (Å²) in [5.41, 5.74) is 1.27. The monoisotopic (exact) mass is 286 g/mol. The first-order valence-electron chi connectivity index (χ1n) is 5.57. The number of alkyl halides is 1. The molecule has 1 aromatic rings. The fraction of sp³-hybridized carbons (Fsp3) is 0.538. The van der Waals surface area contributed by atoms with E-state index in [1.807, 2.05) is 12.1 Å². The van der Waals surface area contributed by atoms with Gasteiger partial charge in [-0.3, -0.25) is 0 Å². The summed E-state index contributed by atoms with van der Waals surface area (Å²) in [4.78, 5) is 0.541. The third-order valence-electron chi connectivity index (χ3n) is 2.33. The Morgan fingerprint density at radius 1 is 1.25 bits per heavy atom. The van der Waals surface area contributed by atoms with Crippen molar-refractivity contribution in [2.45, 2.75) is 24.6 Å². The van der Waals surface area contributed by atoms with Crippen molar-refractivity contribution in [2.75, 3.05) is 20.3 Å². The zero-order chi connectivity index (χ0) is 11.8. The van der Waals surface area contributed by atoms with E-state index in [2.05, 4.69) is 35.0 Å². The lowest BCUT2D eigenvalue weighted by molar-refractivity contribution is 0.145. The molecule has 1 atom stereocenters. The van der Waals surface area contributed by atoms with Gasteiger partial charge < -0.3 is 9.47 Å². The second-order valence-corrected chi connectivity index (χ2v) is 5.33. The minimum Gasteiger partial charge on any atom is -0.491 e. The summed E-state index contributed by atoms with van der Waals surface area (Å²) in [5, 5.41) is 0. The van der Waals surface area contributed by atoms with Gasteiger partial charge in [-0.25, -0.2) is 0 Å². The van der Waals surface area contributed by atoms with E-state index in [4.69, 9.17) is 9.47 Å². The van der Waals surface area contributed by atoms with Crippen LogP contribution in [0, 0.1) is 0 Å². The van der Waals surface area contributed by atoms with Gasteiger partial charge in [0.15, 0.2) is 0 Å². The van der Waals surface area contributed by atoms with Crippen molar-refractivity contribution < 1.29 is 9.47 Å². The maximum Gasteiger partial charge on any atom is 0.122 e. The maximum absolute atomic E-state index is 5.67. The van der Waals surface area contributed by atoms with Crippen LogP contribution in [-0.4, -0.2) is 25.2 Å². The van der Waals surface area contributed by atoms with Crippen molar-refractivity contribution in [1.29, 1.82) is 0 Å². The van der Waals surface area contributed by atoms with Gasteiger partial charge in [-0.1, -0.05) is 41.1 Å². The van der Waals surface area contributed by atoms with Gasteiger partial charge in [0.2, 0.25) is 0 Å².